The molecule has 0 aliphatic carbocycles. The van der Waals surface area contributed by atoms with Crippen molar-refractivity contribution in [2.75, 3.05) is 18.0 Å². The number of hydrogen-bond donors (Lipinski definition) is 1. The predicted octanol–water partition coefficient (Wildman–Crippen LogP) is 2.37. The third-order valence-corrected chi connectivity index (χ3v) is 6.45. The van der Waals surface area contributed by atoms with Crippen molar-refractivity contribution in [1.82, 2.24) is 19.5 Å². The monoisotopic (exact) mass is 561 g/mol. The summed E-state index contributed by atoms with van der Waals surface area (Å²) in [5.74, 6) is -1.33. The van der Waals surface area contributed by atoms with E-state index in [9.17, 15) is 35.9 Å². The number of alkyl halides is 3. The number of pyridine rings is 1. The molecule has 196 valence electrons. The Morgan fingerprint density at radius 3 is 2.54 bits per heavy atom. The number of benzene rings is 1. The number of hydrogen-bond acceptors (Lipinski definition) is 9. The maximum atomic E-state index is 13.4. The fraction of sp³-hybridized carbons (Fsp3) is 0.238. The first-order chi connectivity index (χ1) is 17.3. The highest BCUT2D eigenvalue weighted by Gasteiger charge is 2.48. The summed E-state index contributed by atoms with van der Waals surface area (Å²) in [5, 5.41) is 10.5. The molecule has 1 atom stereocenters. The summed E-state index contributed by atoms with van der Waals surface area (Å²) in [6.07, 6.45) is 2.92. The minimum atomic E-state index is -5.86. The van der Waals surface area contributed by atoms with Crippen LogP contribution in [0.25, 0.3) is 5.57 Å². The van der Waals surface area contributed by atoms with Gasteiger partial charge in [0.25, 0.3) is 0 Å². The zero-order valence-corrected chi connectivity index (χ0v) is 20.0. The lowest BCUT2D eigenvalue weighted by atomic mass is 9.97. The number of halogens is 5. The molecule has 1 aliphatic rings. The van der Waals surface area contributed by atoms with Gasteiger partial charge in [0.05, 0.1) is 24.2 Å². The van der Waals surface area contributed by atoms with E-state index in [1.54, 1.807) is 11.0 Å². The average Bonchev–Trinajstić information content (AvgIpc) is 2.82. The lowest BCUT2D eigenvalue weighted by molar-refractivity contribution is -0.0501. The van der Waals surface area contributed by atoms with Crippen molar-refractivity contribution in [3.8, 4) is 5.88 Å². The Labute approximate surface area is 211 Å². The quantitative estimate of drug-likeness (QED) is 0.274. The summed E-state index contributed by atoms with van der Waals surface area (Å²) in [6.45, 7) is 0.184. The van der Waals surface area contributed by atoms with Crippen molar-refractivity contribution in [3.05, 3.63) is 81.4 Å². The number of aliphatic hydroxyl groups is 1. The number of aliphatic hydroxyl groups excluding tert-OH is 1. The average molecular weight is 562 g/mol. The van der Waals surface area contributed by atoms with Crippen LogP contribution >= 0.6 is 11.6 Å². The number of rotatable bonds is 6. The molecule has 1 aromatic carbocycles. The van der Waals surface area contributed by atoms with Gasteiger partial charge in [-0.3, -0.25) is 4.57 Å². The van der Waals surface area contributed by atoms with Crippen LogP contribution in [0.15, 0.2) is 53.7 Å². The molecule has 0 amide bonds. The van der Waals surface area contributed by atoms with Gasteiger partial charge in [-0.05, 0) is 28.8 Å². The van der Waals surface area contributed by atoms with Gasteiger partial charge in [0.2, 0.25) is 11.8 Å². The summed E-state index contributed by atoms with van der Waals surface area (Å²) in [6, 6.07) is 6.23. The van der Waals surface area contributed by atoms with Gasteiger partial charge in [-0.15, -0.1) is 0 Å². The molecule has 1 N–H and O–H groups in total. The second kappa shape index (κ2) is 10.1. The largest absolute Gasteiger partial charge is 0.534 e. The molecular weight excluding hydrogens is 546 g/mol. The van der Waals surface area contributed by atoms with Gasteiger partial charge in [-0.25, -0.2) is 19.2 Å². The number of aromatic nitrogens is 4. The molecule has 0 spiro atoms. The fourth-order valence-corrected chi connectivity index (χ4v) is 3.99. The molecule has 0 saturated carbocycles. The number of anilines is 1. The summed E-state index contributed by atoms with van der Waals surface area (Å²) in [7, 11) is -5.86. The first-order valence-electron chi connectivity index (χ1n) is 10.3. The van der Waals surface area contributed by atoms with E-state index in [1.165, 1.54) is 30.6 Å². The van der Waals surface area contributed by atoms with E-state index < -0.39 is 39.1 Å². The van der Waals surface area contributed by atoms with E-state index >= 15 is 0 Å². The van der Waals surface area contributed by atoms with Gasteiger partial charge in [0.1, 0.15) is 12.1 Å². The van der Waals surface area contributed by atoms with Crippen molar-refractivity contribution in [3.63, 3.8) is 0 Å². The van der Waals surface area contributed by atoms with Gasteiger partial charge >= 0.3 is 21.3 Å². The Morgan fingerprint density at radius 1 is 1.19 bits per heavy atom. The van der Waals surface area contributed by atoms with E-state index in [4.69, 9.17) is 11.6 Å². The number of nitrogens with zero attached hydrogens (tertiary/aromatic N) is 5. The third kappa shape index (κ3) is 5.89. The molecule has 3 aromatic rings. The molecule has 0 fully saturated rings. The van der Waals surface area contributed by atoms with Crippen molar-refractivity contribution in [1.29, 1.82) is 0 Å². The Balaban J connectivity index is 1.44. The Hall–Kier alpha value is -3.56. The van der Waals surface area contributed by atoms with Crippen molar-refractivity contribution in [2.24, 2.45) is 0 Å². The van der Waals surface area contributed by atoms with Gasteiger partial charge in [-0.1, -0.05) is 29.8 Å². The first-order valence-corrected chi connectivity index (χ1v) is 12.1. The smallest absolute Gasteiger partial charge is 0.387 e. The molecule has 16 heteroatoms. The normalized spacial score (nSPS) is 16.4. The van der Waals surface area contributed by atoms with Crippen molar-refractivity contribution < 1.29 is 35.3 Å². The molecule has 4 rings (SSSR count). The SMILES string of the molecule is O=c1nc(N2CC=C(c3ccc(F)c(Cl)c3)C(O)C2)ncn1Cc1ccc(OS(=O)(=O)C(F)(F)F)nc1. The minimum absolute atomic E-state index is 0.0481. The lowest BCUT2D eigenvalue weighted by Gasteiger charge is -2.30. The first kappa shape index (κ1) is 26.5. The van der Waals surface area contributed by atoms with Crippen LogP contribution in [0.5, 0.6) is 5.88 Å². The van der Waals surface area contributed by atoms with E-state index in [-0.39, 0.29) is 30.6 Å². The molecule has 1 aliphatic heterocycles. The molecule has 0 bridgehead atoms. The molecule has 10 nitrogen and oxygen atoms in total. The maximum Gasteiger partial charge on any atom is 0.534 e. The van der Waals surface area contributed by atoms with Gasteiger partial charge in [-0.2, -0.15) is 26.6 Å². The van der Waals surface area contributed by atoms with Gasteiger partial charge < -0.3 is 14.2 Å². The summed E-state index contributed by atoms with van der Waals surface area (Å²) < 4.78 is 77.8. The highest BCUT2D eigenvalue weighted by molar-refractivity contribution is 7.87. The molecule has 1 unspecified atom stereocenters. The zero-order chi connectivity index (χ0) is 27.0. The standard InChI is InChI=1S/C21H16ClF4N5O5S/c22-15-7-13(2-3-16(15)23)14-5-6-30(10-17(14)32)19-28-11-31(20(33)29-19)9-12-1-4-18(27-8-12)36-37(34,35)21(24,25)26/h1-5,7-8,11,17,32H,6,9-10H2. The molecule has 2 aromatic heterocycles. The van der Waals surface area contributed by atoms with Crippen LogP contribution in [0.2, 0.25) is 5.02 Å². The van der Waals surface area contributed by atoms with Crippen LogP contribution in [0.3, 0.4) is 0 Å². The van der Waals surface area contributed by atoms with Crippen molar-refractivity contribution >= 4 is 33.2 Å². The predicted molar refractivity (Wildman–Crippen MR) is 123 cm³/mol. The van der Waals surface area contributed by atoms with E-state index in [2.05, 4.69) is 19.1 Å². The molecule has 0 saturated heterocycles. The highest BCUT2D eigenvalue weighted by atomic mass is 35.5. The zero-order valence-electron chi connectivity index (χ0n) is 18.4. The van der Waals surface area contributed by atoms with E-state index in [0.29, 0.717) is 16.7 Å². The van der Waals surface area contributed by atoms with Crippen LogP contribution in [-0.2, 0) is 16.7 Å². The molecule has 0 radical (unpaired) electrons. The van der Waals surface area contributed by atoms with Crippen LogP contribution in [0.4, 0.5) is 23.5 Å². The summed E-state index contributed by atoms with van der Waals surface area (Å²) in [5.41, 5.74) is -4.89. The Morgan fingerprint density at radius 2 is 1.95 bits per heavy atom. The maximum absolute atomic E-state index is 13.4. The van der Waals surface area contributed by atoms with Crippen LogP contribution in [0, 0.1) is 5.82 Å². The topological polar surface area (TPSA) is 128 Å². The summed E-state index contributed by atoms with van der Waals surface area (Å²) in [4.78, 5) is 25.6. The fourth-order valence-electron chi connectivity index (χ4n) is 3.40. The summed E-state index contributed by atoms with van der Waals surface area (Å²) >= 11 is 5.82. The lowest BCUT2D eigenvalue weighted by Crippen LogP contribution is -2.40. The molecule has 3 heterocycles. The second-order valence-corrected chi connectivity index (χ2v) is 9.71. The second-order valence-electron chi connectivity index (χ2n) is 7.76. The molecular formula is C21H16ClF4N5O5S. The van der Waals surface area contributed by atoms with Gasteiger partial charge in [0, 0.05) is 18.8 Å². The highest BCUT2D eigenvalue weighted by Crippen LogP contribution is 2.28. The van der Waals surface area contributed by atoms with Crippen molar-refractivity contribution in [2.45, 2.75) is 18.2 Å². The minimum Gasteiger partial charge on any atom is -0.387 e. The van der Waals surface area contributed by atoms with Crippen LogP contribution < -0.4 is 14.8 Å². The van der Waals surface area contributed by atoms with E-state index in [1.807, 2.05) is 0 Å². The van der Waals surface area contributed by atoms with E-state index in [0.717, 1.165) is 16.8 Å². The number of β-amino-alcohol motifs (C(OH)–C–C–N with tert-alkyl or cyclic N) is 1. The Kier molecular flexibility index (Phi) is 7.21. The van der Waals surface area contributed by atoms with Crippen LogP contribution in [0.1, 0.15) is 11.1 Å². The van der Waals surface area contributed by atoms with Crippen LogP contribution in [-0.4, -0.2) is 57.7 Å². The Bertz CT molecular complexity index is 1510. The molecule has 37 heavy (non-hydrogen) atoms. The third-order valence-electron chi connectivity index (χ3n) is 5.20. The van der Waals surface area contributed by atoms with Gasteiger partial charge in [0.15, 0.2) is 0 Å².